The minimum atomic E-state index is -0.573. The van der Waals surface area contributed by atoms with Crippen LogP contribution in [0.3, 0.4) is 0 Å². The first-order valence-electron chi connectivity index (χ1n) is 8.91. The Hall–Kier alpha value is -2.71. The van der Waals surface area contributed by atoms with Gasteiger partial charge in [0.25, 0.3) is 5.91 Å². The zero-order valence-corrected chi connectivity index (χ0v) is 17.5. The van der Waals surface area contributed by atoms with E-state index < -0.39 is 11.4 Å². The third-order valence-electron chi connectivity index (χ3n) is 4.36. The molecule has 0 saturated heterocycles. The lowest BCUT2D eigenvalue weighted by Gasteiger charge is -2.34. The van der Waals surface area contributed by atoms with E-state index >= 15 is 0 Å². The summed E-state index contributed by atoms with van der Waals surface area (Å²) in [5.41, 5.74) is 7.63. The zero-order chi connectivity index (χ0) is 21.2. The second-order valence-corrected chi connectivity index (χ2v) is 8.21. The van der Waals surface area contributed by atoms with E-state index in [4.69, 9.17) is 29.6 Å². The molecule has 1 aliphatic rings. The van der Waals surface area contributed by atoms with Crippen molar-refractivity contribution in [1.29, 1.82) is 0 Å². The number of rotatable bonds is 5. The highest BCUT2D eigenvalue weighted by Crippen LogP contribution is 2.26. The van der Waals surface area contributed by atoms with Crippen molar-refractivity contribution in [3.05, 3.63) is 64.2 Å². The normalized spacial score (nSPS) is 15.7. The van der Waals surface area contributed by atoms with Gasteiger partial charge in [-0.05, 0) is 49.7 Å². The lowest BCUT2D eigenvalue weighted by molar-refractivity contribution is -0.119. The Kier molecular flexibility index (Phi) is 6.04. The van der Waals surface area contributed by atoms with Crippen LogP contribution in [-0.4, -0.2) is 21.4 Å². The number of hydrogen-bond acceptors (Lipinski definition) is 5. The predicted octanol–water partition coefficient (Wildman–Crippen LogP) is 3.54. The summed E-state index contributed by atoms with van der Waals surface area (Å²) in [6, 6.07) is 7.84. The molecule has 0 spiro atoms. The monoisotopic (exact) mass is 433 g/mol. The zero-order valence-electron chi connectivity index (χ0n) is 16.0. The van der Waals surface area contributed by atoms with E-state index in [1.54, 1.807) is 18.3 Å². The van der Waals surface area contributed by atoms with Gasteiger partial charge in [0, 0.05) is 36.1 Å². The summed E-state index contributed by atoms with van der Waals surface area (Å²) in [6.07, 6.45) is 2.17. The number of aromatic nitrogens is 1. The average molecular weight is 434 g/mol. The molecule has 0 radical (unpaired) electrons. The number of pyridine rings is 1. The molecule has 1 aromatic carbocycles. The van der Waals surface area contributed by atoms with E-state index in [1.165, 1.54) is 12.1 Å². The second kappa shape index (κ2) is 8.34. The summed E-state index contributed by atoms with van der Waals surface area (Å²) in [7, 11) is 0. The quantitative estimate of drug-likeness (QED) is 0.539. The third-order valence-corrected chi connectivity index (χ3v) is 4.97. The van der Waals surface area contributed by atoms with E-state index in [-0.39, 0.29) is 15.9 Å². The summed E-state index contributed by atoms with van der Waals surface area (Å²) < 4.78 is 13.7. The minimum absolute atomic E-state index is 0.0109. The standard InChI is InChI=1S/C20H21ClFN5OS/c1-20(2)9-15(25-10-11-5-6-24-16(23)7-11)17(18(28)27-20)19(29)26-12-3-4-13(21)14(22)8-12/h3-8,25H,9-10H2,1-2H3,(H2,23,24)(H,26,29)(H,27,28). The first-order chi connectivity index (χ1) is 13.6. The van der Waals surface area contributed by atoms with Crippen molar-refractivity contribution in [2.75, 3.05) is 11.1 Å². The Morgan fingerprint density at radius 2 is 2.14 bits per heavy atom. The first kappa shape index (κ1) is 21.0. The molecule has 0 aliphatic carbocycles. The van der Waals surface area contributed by atoms with Gasteiger partial charge in [0.15, 0.2) is 0 Å². The van der Waals surface area contributed by atoms with Crippen molar-refractivity contribution in [3.63, 3.8) is 0 Å². The Morgan fingerprint density at radius 3 is 2.83 bits per heavy atom. The molecule has 2 aromatic rings. The maximum Gasteiger partial charge on any atom is 0.256 e. The Bertz CT molecular complexity index is 1010. The van der Waals surface area contributed by atoms with Crippen LogP contribution in [-0.2, 0) is 11.3 Å². The first-order valence-corrected chi connectivity index (χ1v) is 9.69. The van der Waals surface area contributed by atoms with E-state index in [2.05, 4.69) is 20.9 Å². The van der Waals surface area contributed by atoms with E-state index in [9.17, 15) is 9.18 Å². The van der Waals surface area contributed by atoms with Crippen LogP contribution < -0.4 is 21.7 Å². The van der Waals surface area contributed by atoms with Crippen LogP contribution in [0.5, 0.6) is 0 Å². The molecule has 1 amide bonds. The fraction of sp³-hybridized carbons (Fsp3) is 0.250. The van der Waals surface area contributed by atoms with Crippen molar-refractivity contribution in [2.45, 2.75) is 32.4 Å². The summed E-state index contributed by atoms with van der Waals surface area (Å²) in [4.78, 5) is 16.9. The van der Waals surface area contributed by atoms with Gasteiger partial charge in [-0.15, -0.1) is 0 Å². The number of thiocarbonyl (C=S) groups is 1. The molecule has 1 aliphatic heterocycles. The molecular weight excluding hydrogens is 413 g/mol. The van der Waals surface area contributed by atoms with Gasteiger partial charge in [0.1, 0.15) is 16.6 Å². The van der Waals surface area contributed by atoms with Gasteiger partial charge < -0.3 is 21.7 Å². The molecule has 3 rings (SSSR count). The van der Waals surface area contributed by atoms with Crippen LogP contribution >= 0.6 is 23.8 Å². The van der Waals surface area contributed by atoms with Gasteiger partial charge in [-0.3, -0.25) is 4.79 Å². The van der Waals surface area contributed by atoms with E-state index in [0.29, 0.717) is 35.7 Å². The van der Waals surface area contributed by atoms with Crippen molar-refractivity contribution >= 4 is 46.2 Å². The van der Waals surface area contributed by atoms with E-state index in [1.807, 2.05) is 19.9 Å². The molecule has 152 valence electrons. The Balaban J connectivity index is 1.87. The average Bonchev–Trinajstić information content (AvgIpc) is 2.61. The Morgan fingerprint density at radius 1 is 1.38 bits per heavy atom. The number of nitrogen functional groups attached to an aromatic ring is 1. The van der Waals surface area contributed by atoms with Gasteiger partial charge >= 0.3 is 0 Å². The fourth-order valence-electron chi connectivity index (χ4n) is 3.05. The SMILES string of the molecule is CC1(C)CC(NCc2ccnc(N)c2)=C(C(=S)Nc2ccc(Cl)c(F)c2)C(=O)N1. The highest BCUT2D eigenvalue weighted by atomic mass is 35.5. The van der Waals surface area contributed by atoms with Crippen LogP contribution in [0, 0.1) is 5.82 Å². The highest BCUT2D eigenvalue weighted by molar-refractivity contribution is 7.81. The molecule has 0 saturated carbocycles. The maximum atomic E-state index is 13.7. The lowest BCUT2D eigenvalue weighted by atomic mass is 9.90. The minimum Gasteiger partial charge on any atom is -0.384 e. The number of halogens is 2. The molecule has 9 heteroatoms. The molecule has 2 heterocycles. The number of hydrogen-bond donors (Lipinski definition) is 4. The summed E-state index contributed by atoms with van der Waals surface area (Å²) in [5.74, 6) is -0.455. The summed E-state index contributed by atoms with van der Waals surface area (Å²) in [6.45, 7) is 4.31. The van der Waals surface area contributed by atoms with Gasteiger partial charge in [0.2, 0.25) is 0 Å². The van der Waals surface area contributed by atoms with Gasteiger partial charge in [-0.1, -0.05) is 23.8 Å². The number of anilines is 2. The van der Waals surface area contributed by atoms with Crippen molar-refractivity contribution in [3.8, 4) is 0 Å². The number of carbonyl (C=O) groups is 1. The van der Waals surface area contributed by atoms with Crippen molar-refractivity contribution in [2.24, 2.45) is 0 Å². The van der Waals surface area contributed by atoms with Crippen molar-refractivity contribution < 1.29 is 9.18 Å². The summed E-state index contributed by atoms with van der Waals surface area (Å²) in [5, 5.41) is 9.17. The number of amides is 1. The molecule has 1 aromatic heterocycles. The highest BCUT2D eigenvalue weighted by Gasteiger charge is 2.34. The number of nitrogens with zero attached hydrogens (tertiary/aromatic N) is 1. The third kappa shape index (κ3) is 5.21. The van der Waals surface area contributed by atoms with E-state index in [0.717, 1.165) is 5.56 Å². The summed E-state index contributed by atoms with van der Waals surface area (Å²) >= 11 is 11.2. The Labute approximate surface area is 178 Å². The van der Waals surface area contributed by atoms with Crippen LogP contribution in [0.2, 0.25) is 5.02 Å². The smallest absolute Gasteiger partial charge is 0.256 e. The predicted molar refractivity (Wildman–Crippen MR) is 117 cm³/mol. The largest absolute Gasteiger partial charge is 0.384 e. The van der Waals surface area contributed by atoms with Crippen LogP contribution in [0.15, 0.2) is 47.8 Å². The van der Waals surface area contributed by atoms with Crippen LogP contribution in [0.25, 0.3) is 0 Å². The fourth-order valence-corrected chi connectivity index (χ4v) is 3.50. The van der Waals surface area contributed by atoms with Gasteiger partial charge in [0.05, 0.1) is 10.6 Å². The number of nitrogens with two attached hydrogens (primary N) is 1. The van der Waals surface area contributed by atoms with Crippen LogP contribution in [0.4, 0.5) is 15.9 Å². The van der Waals surface area contributed by atoms with Crippen LogP contribution in [0.1, 0.15) is 25.8 Å². The molecule has 0 bridgehead atoms. The van der Waals surface area contributed by atoms with Gasteiger partial charge in [-0.25, -0.2) is 9.37 Å². The molecule has 0 unspecified atom stereocenters. The number of nitrogens with one attached hydrogen (secondary N) is 3. The number of benzene rings is 1. The van der Waals surface area contributed by atoms with Crippen molar-refractivity contribution in [1.82, 2.24) is 15.6 Å². The topological polar surface area (TPSA) is 92.1 Å². The molecule has 0 atom stereocenters. The molecular formula is C20H21ClFN5OS. The lowest BCUT2D eigenvalue weighted by Crippen LogP contribution is -2.51. The van der Waals surface area contributed by atoms with Gasteiger partial charge in [-0.2, -0.15) is 0 Å². The number of carbonyl (C=O) groups excluding carboxylic acids is 1. The molecule has 5 N–H and O–H groups in total. The molecule has 0 fully saturated rings. The molecule has 6 nitrogen and oxygen atoms in total. The maximum absolute atomic E-state index is 13.7. The molecule has 29 heavy (non-hydrogen) atoms. The second-order valence-electron chi connectivity index (χ2n) is 7.39.